The number of benzene rings is 1. The molecule has 0 saturated carbocycles. The number of nitrogens with two attached hydrogens (primary N) is 1. The monoisotopic (exact) mass is 266 g/mol. The fourth-order valence-electron chi connectivity index (χ4n) is 1.39. The first-order valence-electron chi connectivity index (χ1n) is 5.14. The number of hydrogen-bond acceptors (Lipinski definition) is 5. The lowest BCUT2D eigenvalue weighted by molar-refractivity contribution is 0.0468. The number of carbonyl (C=O) groups excluding carboxylic acids is 1. The number of halogens is 1. The van der Waals surface area contributed by atoms with E-state index in [2.05, 4.69) is 10.3 Å². The first-order valence-corrected chi connectivity index (χ1v) is 5.52. The van der Waals surface area contributed by atoms with Crippen LogP contribution in [0.5, 0.6) is 0 Å². The molecule has 0 spiro atoms. The average Bonchev–Trinajstić information content (AvgIpc) is 2.76. The second kappa shape index (κ2) is 5.05. The highest BCUT2D eigenvalue weighted by Crippen LogP contribution is 2.23. The second-order valence-corrected chi connectivity index (χ2v) is 4.05. The third-order valence-corrected chi connectivity index (χ3v) is 2.67. The molecule has 0 aliphatic heterocycles. The lowest BCUT2D eigenvalue weighted by atomic mass is 10.2. The fourth-order valence-corrected chi connectivity index (χ4v) is 1.59. The van der Waals surface area contributed by atoms with Gasteiger partial charge in [-0.2, -0.15) is 0 Å². The standard InChI is InChI=1S/C11H11ClN4O2/c1-16-5-7(14-15-16)6-18-11(17)8-3-2-4-9(13)10(8)12/h2-5H,6,13H2,1H3. The van der Waals surface area contributed by atoms with Gasteiger partial charge in [-0.15, -0.1) is 5.10 Å². The minimum atomic E-state index is -0.544. The van der Waals surface area contributed by atoms with E-state index in [1.54, 1.807) is 31.4 Å². The molecule has 6 nitrogen and oxygen atoms in total. The molecule has 0 amide bonds. The van der Waals surface area contributed by atoms with Crippen molar-refractivity contribution in [2.45, 2.75) is 6.61 Å². The van der Waals surface area contributed by atoms with E-state index >= 15 is 0 Å². The van der Waals surface area contributed by atoms with Crippen LogP contribution in [0.4, 0.5) is 5.69 Å². The minimum absolute atomic E-state index is 0.0395. The van der Waals surface area contributed by atoms with Gasteiger partial charge in [0.25, 0.3) is 0 Å². The molecule has 0 bridgehead atoms. The predicted molar refractivity (Wildman–Crippen MR) is 66.0 cm³/mol. The molecule has 0 fully saturated rings. The van der Waals surface area contributed by atoms with E-state index in [0.717, 1.165) is 0 Å². The Labute approximate surface area is 108 Å². The highest BCUT2D eigenvalue weighted by Gasteiger charge is 2.14. The average molecular weight is 267 g/mol. The van der Waals surface area contributed by atoms with Crippen LogP contribution in [-0.4, -0.2) is 21.0 Å². The van der Waals surface area contributed by atoms with Gasteiger partial charge >= 0.3 is 5.97 Å². The second-order valence-electron chi connectivity index (χ2n) is 3.67. The van der Waals surface area contributed by atoms with Crippen molar-refractivity contribution in [3.8, 4) is 0 Å². The van der Waals surface area contributed by atoms with Crippen molar-refractivity contribution in [2.24, 2.45) is 7.05 Å². The normalized spacial score (nSPS) is 10.3. The summed E-state index contributed by atoms with van der Waals surface area (Å²) >= 11 is 5.92. The zero-order valence-corrected chi connectivity index (χ0v) is 10.4. The van der Waals surface area contributed by atoms with Crippen molar-refractivity contribution in [1.82, 2.24) is 15.0 Å². The Hall–Kier alpha value is -2.08. The summed E-state index contributed by atoms with van der Waals surface area (Å²) in [5, 5.41) is 7.72. The van der Waals surface area contributed by atoms with Gasteiger partial charge in [0, 0.05) is 7.05 Å². The van der Waals surface area contributed by atoms with E-state index < -0.39 is 5.97 Å². The summed E-state index contributed by atoms with van der Waals surface area (Å²) in [6, 6.07) is 4.81. The van der Waals surface area contributed by atoms with Gasteiger partial charge < -0.3 is 10.5 Å². The maximum atomic E-state index is 11.8. The predicted octanol–water partition coefficient (Wildman–Crippen LogP) is 1.41. The van der Waals surface area contributed by atoms with Gasteiger partial charge in [0.2, 0.25) is 0 Å². The molecule has 18 heavy (non-hydrogen) atoms. The summed E-state index contributed by atoms with van der Waals surface area (Å²) in [4.78, 5) is 11.8. The number of carbonyl (C=O) groups is 1. The molecular formula is C11H11ClN4O2. The summed E-state index contributed by atoms with van der Waals surface area (Å²) in [6.07, 6.45) is 1.66. The van der Waals surface area contributed by atoms with Crippen LogP contribution in [0.15, 0.2) is 24.4 Å². The molecule has 0 unspecified atom stereocenters. The van der Waals surface area contributed by atoms with E-state index in [9.17, 15) is 4.79 Å². The van der Waals surface area contributed by atoms with Gasteiger partial charge in [0.05, 0.1) is 22.5 Å². The Bertz CT molecular complexity index is 582. The largest absolute Gasteiger partial charge is 0.455 e. The molecule has 2 rings (SSSR count). The van der Waals surface area contributed by atoms with Crippen LogP contribution in [-0.2, 0) is 18.4 Å². The summed E-state index contributed by atoms with van der Waals surface area (Å²) < 4.78 is 6.59. The molecule has 1 aromatic heterocycles. The Morgan fingerprint density at radius 1 is 1.56 bits per heavy atom. The Kier molecular flexibility index (Phi) is 3.47. The van der Waals surface area contributed by atoms with Crippen molar-refractivity contribution < 1.29 is 9.53 Å². The molecular weight excluding hydrogens is 256 g/mol. The van der Waals surface area contributed by atoms with E-state index in [1.807, 2.05) is 0 Å². The lowest BCUT2D eigenvalue weighted by Crippen LogP contribution is -2.07. The quantitative estimate of drug-likeness (QED) is 0.671. The molecule has 0 radical (unpaired) electrons. The van der Waals surface area contributed by atoms with Crippen LogP contribution in [0.25, 0.3) is 0 Å². The number of rotatable bonds is 3. The number of aryl methyl sites for hydroxylation is 1. The summed E-state index contributed by atoms with van der Waals surface area (Å²) in [5.74, 6) is -0.544. The molecule has 0 aliphatic carbocycles. The maximum Gasteiger partial charge on any atom is 0.340 e. The number of nitrogen functional groups attached to an aromatic ring is 1. The van der Waals surface area contributed by atoms with Crippen molar-refractivity contribution in [2.75, 3.05) is 5.73 Å². The Morgan fingerprint density at radius 2 is 2.33 bits per heavy atom. The van der Waals surface area contributed by atoms with Crippen LogP contribution in [0.1, 0.15) is 16.1 Å². The van der Waals surface area contributed by atoms with Crippen LogP contribution in [0.3, 0.4) is 0 Å². The van der Waals surface area contributed by atoms with Crippen molar-refractivity contribution in [3.63, 3.8) is 0 Å². The van der Waals surface area contributed by atoms with Crippen LogP contribution >= 0.6 is 11.6 Å². The lowest BCUT2D eigenvalue weighted by Gasteiger charge is -2.06. The highest BCUT2D eigenvalue weighted by molar-refractivity contribution is 6.36. The van der Waals surface area contributed by atoms with Gasteiger partial charge in [-0.3, -0.25) is 4.68 Å². The topological polar surface area (TPSA) is 83.0 Å². The molecule has 0 saturated heterocycles. The number of nitrogens with zero attached hydrogens (tertiary/aromatic N) is 3. The molecule has 0 atom stereocenters. The maximum absolute atomic E-state index is 11.8. The zero-order chi connectivity index (χ0) is 13.1. The summed E-state index contributed by atoms with van der Waals surface area (Å²) in [5.41, 5.74) is 6.74. The first kappa shape index (κ1) is 12.4. The molecule has 7 heteroatoms. The molecule has 1 heterocycles. The van der Waals surface area contributed by atoms with Crippen molar-refractivity contribution in [1.29, 1.82) is 0 Å². The third kappa shape index (κ3) is 2.60. The van der Waals surface area contributed by atoms with E-state index in [1.165, 1.54) is 4.68 Å². The molecule has 0 aliphatic rings. The third-order valence-electron chi connectivity index (χ3n) is 2.25. The molecule has 2 aromatic rings. The molecule has 94 valence electrons. The van der Waals surface area contributed by atoms with Crippen LogP contribution < -0.4 is 5.73 Å². The number of esters is 1. The number of anilines is 1. The van der Waals surface area contributed by atoms with Crippen LogP contribution in [0.2, 0.25) is 5.02 Å². The molecule has 1 aromatic carbocycles. The number of ether oxygens (including phenoxy) is 1. The summed E-state index contributed by atoms with van der Waals surface area (Å²) in [6.45, 7) is 0.0395. The van der Waals surface area contributed by atoms with Gasteiger partial charge in [-0.1, -0.05) is 22.9 Å². The number of hydrogen-bond donors (Lipinski definition) is 1. The SMILES string of the molecule is Cn1cc(COC(=O)c2cccc(N)c2Cl)nn1. The fraction of sp³-hybridized carbons (Fsp3) is 0.182. The van der Waals surface area contributed by atoms with Gasteiger partial charge in [0.15, 0.2) is 0 Å². The Morgan fingerprint density at radius 3 is 3.00 bits per heavy atom. The zero-order valence-electron chi connectivity index (χ0n) is 9.63. The van der Waals surface area contributed by atoms with Crippen molar-refractivity contribution >= 4 is 23.3 Å². The Balaban J connectivity index is 2.06. The van der Waals surface area contributed by atoms with Gasteiger partial charge in [-0.05, 0) is 12.1 Å². The van der Waals surface area contributed by atoms with Gasteiger partial charge in [0.1, 0.15) is 12.3 Å². The minimum Gasteiger partial charge on any atom is -0.455 e. The van der Waals surface area contributed by atoms with Crippen LogP contribution in [0, 0.1) is 0 Å². The van der Waals surface area contributed by atoms with E-state index in [0.29, 0.717) is 11.4 Å². The van der Waals surface area contributed by atoms with E-state index in [-0.39, 0.29) is 17.2 Å². The first-order chi connectivity index (χ1) is 8.58. The van der Waals surface area contributed by atoms with Crippen molar-refractivity contribution in [3.05, 3.63) is 40.7 Å². The number of aromatic nitrogens is 3. The van der Waals surface area contributed by atoms with E-state index in [4.69, 9.17) is 22.1 Å². The smallest absolute Gasteiger partial charge is 0.340 e. The molecule has 2 N–H and O–H groups in total. The van der Waals surface area contributed by atoms with Gasteiger partial charge in [-0.25, -0.2) is 4.79 Å². The summed E-state index contributed by atoms with van der Waals surface area (Å²) in [7, 11) is 1.73. The highest BCUT2D eigenvalue weighted by atomic mass is 35.5.